The topological polar surface area (TPSA) is 68.3 Å². The van der Waals surface area contributed by atoms with Gasteiger partial charge in [-0.05, 0) is 37.5 Å². The third-order valence-corrected chi connectivity index (χ3v) is 3.44. The van der Waals surface area contributed by atoms with E-state index in [1.54, 1.807) is 7.11 Å². The molecule has 2 rings (SSSR count). The van der Waals surface area contributed by atoms with Crippen LogP contribution in [0.4, 0.5) is 4.39 Å². The molecule has 0 aromatic heterocycles. The van der Waals surface area contributed by atoms with Crippen LogP contribution in [-0.4, -0.2) is 25.2 Å². The van der Waals surface area contributed by atoms with Crippen molar-refractivity contribution in [3.05, 3.63) is 29.6 Å². The summed E-state index contributed by atoms with van der Waals surface area (Å²) < 4.78 is 24.4. The van der Waals surface area contributed by atoms with E-state index in [2.05, 4.69) is 0 Å². The van der Waals surface area contributed by atoms with Crippen LogP contribution in [0.15, 0.2) is 18.2 Å². The molecule has 2 unspecified atom stereocenters. The fourth-order valence-electron chi connectivity index (χ4n) is 2.42. The molecule has 0 radical (unpaired) electrons. The zero-order valence-corrected chi connectivity index (χ0v) is 11.0. The molecule has 0 amide bonds. The van der Waals surface area contributed by atoms with Crippen LogP contribution in [0.2, 0.25) is 0 Å². The summed E-state index contributed by atoms with van der Waals surface area (Å²) in [6, 6.07) is 4.08. The van der Waals surface area contributed by atoms with Crippen LogP contribution >= 0.6 is 0 Å². The molecule has 1 aliphatic rings. The van der Waals surface area contributed by atoms with Crippen molar-refractivity contribution >= 4 is 5.84 Å². The van der Waals surface area contributed by atoms with Gasteiger partial charge in [0.15, 0.2) is 0 Å². The van der Waals surface area contributed by atoms with E-state index in [0.29, 0.717) is 11.3 Å². The number of nitrogen functional groups attached to an aromatic ring is 1. The number of hydrogen-bond acceptors (Lipinski definition) is 3. The first-order valence-corrected chi connectivity index (χ1v) is 6.43. The lowest BCUT2D eigenvalue weighted by Gasteiger charge is -2.29. The highest BCUT2D eigenvalue weighted by molar-refractivity contribution is 5.97. The van der Waals surface area contributed by atoms with E-state index in [4.69, 9.17) is 20.6 Å². The Labute approximate surface area is 112 Å². The molecule has 1 aromatic carbocycles. The van der Waals surface area contributed by atoms with Gasteiger partial charge in [0, 0.05) is 13.5 Å². The number of rotatable bonds is 4. The molecule has 0 heterocycles. The van der Waals surface area contributed by atoms with Crippen molar-refractivity contribution in [2.24, 2.45) is 5.73 Å². The molecule has 1 saturated carbocycles. The predicted octanol–water partition coefficient (Wildman–Crippen LogP) is 2.45. The molecule has 1 fully saturated rings. The molecule has 2 atom stereocenters. The Morgan fingerprint density at radius 2 is 2.11 bits per heavy atom. The van der Waals surface area contributed by atoms with E-state index in [9.17, 15) is 4.39 Å². The average molecular weight is 266 g/mol. The Morgan fingerprint density at radius 1 is 1.37 bits per heavy atom. The molecular formula is C14H19FN2O2. The van der Waals surface area contributed by atoms with Gasteiger partial charge in [-0.3, -0.25) is 5.41 Å². The first-order chi connectivity index (χ1) is 9.10. The number of amidine groups is 1. The van der Waals surface area contributed by atoms with Crippen molar-refractivity contribution in [1.29, 1.82) is 5.41 Å². The van der Waals surface area contributed by atoms with Crippen molar-refractivity contribution < 1.29 is 13.9 Å². The van der Waals surface area contributed by atoms with E-state index in [1.165, 1.54) is 18.2 Å². The molecule has 1 aromatic rings. The molecule has 3 N–H and O–H groups in total. The van der Waals surface area contributed by atoms with Gasteiger partial charge < -0.3 is 15.2 Å². The lowest BCUT2D eigenvalue weighted by atomic mass is 9.95. The highest BCUT2D eigenvalue weighted by Gasteiger charge is 2.24. The lowest BCUT2D eigenvalue weighted by Crippen LogP contribution is -2.30. The van der Waals surface area contributed by atoms with Crippen LogP contribution in [0.5, 0.6) is 5.75 Å². The van der Waals surface area contributed by atoms with Crippen LogP contribution in [0.1, 0.15) is 31.2 Å². The molecule has 4 nitrogen and oxygen atoms in total. The summed E-state index contributed by atoms with van der Waals surface area (Å²) in [6.07, 6.45) is 4.07. The number of benzene rings is 1. The monoisotopic (exact) mass is 266 g/mol. The normalized spacial score (nSPS) is 23.1. The minimum absolute atomic E-state index is 0.0299. The maximum atomic E-state index is 13.2. The molecule has 104 valence electrons. The van der Waals surface area contributed by atoms with Crippen LogP contribution < -0.4 is 10.5 Å². The Bertz CT molecular complexity index is 465. The van der Waals surface area contributed by atoms with Gasteiger partial charge in [-0.25, -0.2) is 4.39 Å². The van der Waals surface area contributed by atoms with Crippen molar-refractivity contribution in [3.63, 3.8) is 0 Å². The molecule has 5 heteroatoms. The summed E-state index contributed by atoms with van der Waals surface area (Å²) in [5.74, 6) is -0.139. The Balaban J connectivity index is 2.12. The maximum Gasteiger partial charge on any atom is 0.130 e. The van der Waals surface area contributed by atoms with Gasteiger partial charge in [-0.2, -0.15) is 0 Å². The number of halogens is 1. The van der Waals surface area contributed by atoms with Crippen LogP contribution in [0, 0.1) is 11.2 Å². The molecule has 19 heavy (non-hydrogen) atoms. The highest BCUT2D eigenvalue weighted by Crippen LogP contribution is 2.27. The van der Waals surface area contributed by atoms with Crippen molar-refractivity contribution in [3.8, 4) is 5.75 Å². The standard InChI is InChI=1S/C14H19FN2O2/c1-18-10-3-2-4-11(8-10)19-13-6-5-9(15)7-12(13)14(16)17/h5-7,10-11H,2-4,8H2,1H3,(H3,16,17). The molecule has 0 spiro atoms. The highest BCUT2D eigenvalue weighted by atomic mass is 19.1. The zero-order valence-electron chi connectivity index (χ0n) is 11.0. The summed E-state index contributed by atoms with van der Waals surface area (Å²) in [5.41, 5.74) is 5.76. The van der Waals surface area contributed by atoms with Gasteiger partial charge in [-0.1, -0.05) is 0 Å². The smallest absolute Gasteiger partial charge is 0.130 e. The average Bonchev–Trinajstić information content (AvgIpc) is 2.41. The Kier molecular flexibility index (Phi) is 4.37. The summed E-state index contributed by atoms with van der Waals surface area (Å²) in [7, 11) is 1.70. The quantitative estimate of drug-likeness (QED) is 0.649. The Morgan fingerprint density at radius 3 is 2.79 bits per heavy atom. The van der Waals surface area contributed by atoms with E-state index < -0.39 is 5.82 Å². The second kappa shape index (κ2) is 6.02. The lowest BCUT2D eigenvalue weighted by molar-refractivity contribution is 0.0209. The van der Waals surface area contributed by atoms with E-state index in [0.717, 1.165) is 25.7 Å². The SMILES string of the molecule is COC1CCCC(Oc2ccc(F)cc2C(=N)N)C1. The fraction of sp³-hybridized carbons (Fsp3) is 0.500. The number of methoxy groups -OCH3 is 1. The minimum atomic E-state index is -0.420. The van der Waals surface area contributed by atoms with Gasteiger partial charge in [0.2, 0.25) is 0 Å². The number of hydrogen-bond donors (Lipinski definition) is 2. The molecule has 0 aliphatic heterocycles. The predicted molar refractivity (Wildman–Crippen MR) is 71.1 cm³/mol. The first kappa shape index (κ1) is 13.8. The van der Waals surface area contributed by atoms with Crippen molar-refractivity contribution in [1.82, 2.24) is 0 Å². The third kappa shape index (κ3) is 3.44. The summed E-state index contributed by atoms with van der Waals surface area (Å²) in [5, 5.41) is 7.47. The Hall–Kier alpha value is -1.62. The van der Waals surface area contributed by atoms with Crippen LogP contribution in [0.3, 0.4) is 0 Å². The molecule has 1 aliphatic carbocycles. The van der Waals surface area contributed by atoms with Gasteiger partial charge in [0.25, 0.3) is 0 Å². The van der Waals surface area contributed by atoms with Crippen LogP contribution in [0.25, 0.3) is 0 Å². The fourth-order valence-corrected chi connectivity index (χ4v) is 2.42. The largest absolute Gasteiger partial charge is 0.490 e. The van der Waals surface area contributed by atoms with Crippen molar-refractivity contribution in [2.45, 2.75) is 37.9 Å². The van der Waals surface area contributed by atoms with Gasteiger partial charge in [-0.15, -0.1) is 0 Å². The number of ether oxygens (including phenoxy) is 2. The molecule has 0 bridgehead atoms. The second-order valence-electron chi connectivity index (χ2n) is 4.82. The second-order valence-corrected chi connectivity index (χ2v) is 4.82. The zero-order chi connectivity index (χ0) is 13.8. The van der Waals surface area contributed by atoms with E-state index in [-0.39, 0.29) is 18.0 Å². The summed E-state index contributed by atoms with van der Waals surface area (Å²) in [4.78, 5) is 0. The molecule has 0 saturated heterocycles. The van der Waals surface area contributed by atoms with Gasteiger partial charge >= 0.3 is 0 Å². The maximum absolute atomic E-state index is 13.2. The molecular weight excluding hydrogens is 247 g/mol. The summed E-state index contributed by atoms with van der Waals surface area (Å²) >= 11 is 0. The van der Waals surface area contributed by atoms with Crippen LogP contribution in [-0.2, 0) is 4.74 Å². The minimum Gasteiger partial charge on any atom is -0.490 e. The van der Waals surface area contributed by atoms with Gasteiger partial charge in [0.05, 0.1) is 11.7 Å². The van der Waals surface area contributed by atoms with E-state index in [1.807, 2.05) is 0 Å². The first-order valence-electron chi connectivity index (χ1n) is 6.43. The third-order valence-electron chi connectivity index (χ3n) is 3.44. The number of nitrogens with two attached hydrogens (primary N) is 1. The summed E-state index contributed by atoms with van der Waals surface area (Å²) in [6.45, 7) is 0. The van der Waals surface area contributed by atoms with E-state index >= 15 is 0 Å². The number of nitrogens with one attached hydrogen (secondary N) is 1. The van der Waals surface area contributed by atoms with Crippen molar-refractivity contribution in [2.75, 3.05) is 7.11 Å². The van der Waals surface area contributed by atoms with Gasteiger partial charge in [0.1, 0.15) is 23.5 Å².